The van der Waals surface area contributed by atoms with Crippen molar-refractivity contribution in [1.29, 1.82) is 5.41 Å². The number of carbonyl (C=O) groups is 2. The Morgan fingerprint density at radius 2 is 1.47 bits per heavy atom. The van der Waals surface area contributed by atoms with Crippen LogP contribution in [0.4, 0.5) is 4.79 Å². The molecular weight excluding hydrogens is 250 g/mol. The smallest absolute Gasteiger partial charge is 0.414 e. The van der Waals surface area contributed by atoms with Crippen LogP contribution in [0.1, 0.15) is 41.5 Å². The first-order valence-electron chi connectivity index (χ1n) is 5.80. The largest absolute Gasteiger partial charge is 0.458 e. The minimum Gasteiger partial charge on any atom is -0.458 e. The Kier molecular flexibility index (Phi) is 5.80. The van der Waals surface area contributed by atoms with Crippen LogP contribution in [-0.4, -0.2) is 29.2 Å². The van der Waals surface area contributed by atoms with Crippen LogP contribution in [0.5, 0.6) is 0 Å². The summed E-state index contributed by atoms with van der Waals surface area (Å²) < 4.78 is 9.91. The number of ether oxygens (including phenoxy) is 2. The van der Waals surface area contributed by atoms with E-state index in [1.165, 1.54) is 0 Å². The second-order valence-corrected chi connectivity index (χ2v) is 5.82. The van der Waals surface area contributed by atoms with Gasteiger partial charge >= 0.3 is 12.1 Å². The highest BCUT2D eigenvalue weighted by atomic mass is 16.6. The number of guanidine groups is 1. The summed E-state index contributed by atoms with van der Waals surface area (Å²) in [6.07, 6.45) is -0.775. The van der Waals surface area contributed by atoms with Crippen LogP contribution in [0.3, 0.4) is 0 Å². The van der Waals surface area contributed by atoms with E-state index in [0.717, 1.165) is 6.54 Å². The van der Waals surface area contributed by atoms with Crippen LogP contribution in [0.2, 0.25) is 0 Å². The second kappa shape index (κ2) is 6.40. The van der Waals surface area contributed by atoms with E-state index in [9.17, 15) is 9.59 Å². The Balaban J connectivity index is 4.00. The third-order valence-electron chi connectivity index (χ3n) is 1.37. The van der Waals surface area contributed by atoms with Gasteiger partial charge in [-0.2, -0.15) is 0 Å². The zero-order valence-corrected chi connectivity index (χ0v) is 12.2. The fourth-order valence-corrected chi connectivity index (χ4v) is 0.904. The predicted octanol–water partition coefficient (Wildman–Crippen LogP) is 1.54. The average molecular weight is 272 g/mol. The first kappa shape index (κ1) is 17.2. The SMILES string of the molecule is CC(C)(C)OC(=O)[CH]NC(=N)NC(=O)OC(C)(C)C. The molecule has 0 unspecified atom stereocenters. The maximum Gasteiger partial charge on any atom is 0.414 e. The lowest BCUT2D eigenvalue weighted by atomic mass is 10.2. The van der Waals surface area contributed by atoms with Gasteiger partial charge in [-0.15, -0.1) is 0 Å². The zero-order valence-electron chi connectivity index (χ0n) is 12.2. The van der Waals surface area contributed by atoms with Crippen molar-refractivity contribution in [2.45, 2.75) is 52.7 Å². The molecule has 0 fully saturated rings. The van der Waals surface area contributed by atoms with Crippen molar-refractivity contribution in [3.8, 4) is 0 Å². The van der Waals surface area contributed by atoms with Crippen molar-refractivity contribution in [1.82, 2.24) is 10.6 Å². The molecule has 0 aromatic carbocycles. The molecule has 0 saturated heterocycles. The first-order valence-corrected chi connectivity index (χ1v) is 5.80. The van der Waals surface area contributed by atoms with E-state index in [0.29, 0.717) is 0 Å². The molecule has 0 rings (SSSR count). The van der Waals surface area contributed by atoms with Crippen molar-refractivity contribution in [3.05, 3.63) is 6.54 Å². The van der Waals surface area contributed by atoms with E-state index < -0.39 is 23.3 Å². The number of rotatable bonds is 2. The zero-order chi connectivity index (χ0) is 15.3. The van der Waals surface area contributed by atoms with E-state index in [4.69, 9.17) is 14.9 Å². The summed E-state index contributed by atoms with van der Waals surface area (Å²) in [6, 6.07) is 0. The van der Waals surface area contributed by atoms with Crippen LogP contribution >= 0.6 is 0 Å². The number of amides is 1. The lowest BCUT2D eigenvalue weighted by Gasteiger charge is -2.21. The fourth-order valence-electron chi connectivity index (χ4n) is 0.904. The molecular formula is C12H22N3O4. The van der Waals surface area contributed by atoms with Gasteiger partial charge in [0.05, 0.1) is 0 Å². The molecule has 109 valence electrons. The third kappa shape index (κ3) is 11.1. The number of nitrogens with one attached hydrogen (secondary N) is 3. The molecule has 0 aliphatic carbocycles. The Bertz CT molecular complexity index is 353. The van der Waals surface area contributed by atoms with Crippen LogP contribution in [-0.2, 0) is 14.3 Å². The maximum atomic E-state index is 11.3. The molecule has 0 saturated carbocycles. The summed E-state index contributed by atoms with van der Waals surface area (Å²) >= 11 is 0. The number of alkyl carbamates (subject to hydrolysis) is 1. The van der Waals surface area contributed by atoms with Crippen molar-refractivity contribution in [2.75, 3.05) is 0 Å². The van der Waals surface area contributed by atoms with Crippen LogP contribution in [0.15, 0.2) is 0 Å². The predicted molar refractivity (Wildman–Crippen MR) is 70.4 cm³/mol. The number of carbonyl (C=O) groups excluding carboxylic acids is 2. The lowest BCUT2D eigenvalue weighted by molar-refractivity contribution is -0.150. The monoisotopic (exact) mass is 272 g/mol. The van der Waals surface area contributed by atoms with Gasteiger partial charge in [0.15, 0.2) is 12.5 Å². The summed E-state index contributed by atoms with van der Waals surface area (Å²) in [5.41, 5.74) is -1.27. The minimum absolute atomic E-state index is 0.375. The molecule has 1 amide bonds. The molecule has 0 aromatic heterocycles. The Morgan fingerprint density at radius 3 is 1.89 bits per heavy atom. The van der Waals surface area contributed by atoms with Gasteiger partial charge < -0.3 is 14.8 Å². The summed E-state index contributed by atoms with van der Waals surface area (Å²) in [4.78, 5) is 22.6. The Labute approximate surface area is 113 Å². The van der Waals surface area contributed by atoms with Gasteiger partial charge in [-0.3, -0.25) is 10.7 Å². The van der Waals surface area contributed by atoms with E-state index in [-0.39, 0.29) is 5.96 Å². The standard InChI is InChI=1S/C12H22N3O4/c1-11(2,3)18-8(16)7-14-9(13)15-10(17)19-12(4,5)6/h7H,1-6H3,(H3,13,14,15,17). The highest BCUT2D eigenvalue weighted by Crippen LogP contribution is 2.07. The van der Waals surface area contributed by atoms with Crippen LogP contribution in [0.25, 0.3) is 0 Å². The molecule has 19 heavy (non-hydrogen) atoms. The first-order chi connectivity index (χ1) is 8.39. The average Bonchev–Trinajstić information content (AvgIpc) is 2.08. The molecule has 1 radical (unpaired) electrons. The van der Waals surface area contributed by atoms with Gasteiger partial charge in [0, 0.05) is 0 Å². The summed E-state index contributed by atoms with van der Waals surface area (Å²) in [5.74, 6) is -1.01. The number of esters is 1. The topological polar surface area (TPSA) is 101 Å². The van der Waals surface area contributed by atoms with Gasteiger partial charge in [0.1, 0.15) is 11.2 Å². The molecule has 0 spiro atoms. The second-order valence-electron chi connectivity index (χ2n) is 5.82. The molecule has 7 heteroatoms. The van der Waals surface area contributed by atoms with Crippen molar-refractivity contribution in [2.24, 2.45) is 0 Å². The van der Waals surface area contributed by atoms with Gasteiger partial charge in [-0.05, 0) is 41.5 Å². The number of hydrogen-bond acceptors (Lipinski definition) is 5. The Morgan fingerprint density at radius 1 is 1.00 bits per heavy atom. The van der Waals surface area contributed by atoms with E-state index in [2.05, 4.69) is 10.6 Å². The molecule has 0 heterocycles. The molecule has 0 bridgehead atoms. The van der Waals surface area contributed by atoms with Gasteiger partial charge in [-0.25, -0.2) is 9.59 Å². The maximum absolute atomic E-state index is 11.3. The summed E-state index contributed by atoms with van der Waals surface area (Å²) in [6.45, 7) is 11.2. The molecule has 0 aliphatic rings. The van der Waals surface area contributed by atoms with Crippen LogP contribution in [0, 0.1) is 12.0 Å². The van der Waals surface area contributed by atoms with E-state index in [1.807, 2.05) is 0 Å². The fraction of sp³-hybridized carbons (Fsp3) is 0.667. The molecule has 0 atom stereocenters. The van der Waals surface area contributed by atoms with E-state index >= 15 is 0 Å². The van der Waals surface area contributed by atoms with Crippen molar-refractivity contribution >= 4 is 18.0 Å². The highest BCUT2D eigenvalue weighted by molar-refractivity contribution is 5.95. The van der Waals surface area contributed by atoms with Crippen molar-refractivity contribution in [3.63, 3.8) is 0 Å². The molecule has 0 aromatic rings. The highest BCUT2D eigenvalue weighted by Gasteiger charge is 2.19. The molecule has 3 N–H and O–H groups in total. The van der Waals surface area contributed by atoms with Gasteiger partial charge in [0.2, 0.25) is 0 Å². The van der Waals surface area contributed by atoms with Gasteiger partial charge in [0.25, 0.3) is 0 Å². The minimum atomic E-state index is -0.775. The molecule has 7 nitrogen and oxygen atoms in total. The number of hydrogen-bond donors (Lipinski definition) is 3. The molecule has 0 aliphatic heterocycles. The van der Waals surface area contributed by atoms with Crippen LogP contribution < -0.4 is 10.6 Å². The van der Waals surface area contributed by atoms with E-state index in [1.54, 1.807) is 41.5 Å². The Hall–Kier alpha value is -1.79. The van der Waals surface area contributed by atoms with Crippen molar-refractivity contribution < 1.29 is 19.1 Å². The van der Waals surface area contributed by atoms with Gasteiger partial charge in [-0.1, -0.05) is 0 Å². The normalized spacial score (nSPS) is 11.5. The summed E-state index contributed by atoms with van der Waals surface area (Å²) in [7, 11) is 0. The lowest BCUT2D eigenvalue weighted by Crippen LogP contribution is -2.43. The third-order valence-corrected chi connectivity index (χ3v) is 1.37. The summed E-state index contributed by atoms with van der Waals surface area (Å²) in [5, 5.41) is 11.8. The quantitative estimate of drug-likeness (QED) is 0.402.